The Morgan fingerprint density at radius 2 is 1.52 bits per heavy atom. The van der Waals surface area contributed by atoms with E-state index in [1.54, 1.807) is 0 Å². The second kappa shape index (κ2) is 5.40. The summed E-state index contributed by atoms with van der Waals surface area (Å²) in [7, 11) is 0. The fraction of sp³-hybridized carbons (Fsp3) is 0.579. The Balaban J connectivity index is 2.45. The van der Waals surface area contributed by atoms with Crippen LogP contribution in [-0.2, 0) is 10.8 Å². The minimum Gasteiger partial charge on any atom is -0.508 e. The molecule has 0 amide bonds. The van der Waals surface area contributed by atoms with E-state index in [0.29, 0.717) is 5.75 Å². The zero-order valence-corrected chi connectivity index (χ0v) is 14.3. The molecule has 2 nitrogen and oxygen atoms in total. The van der Waals surface area contributed by atoms with Crippen LogP contribution in [-0.4, -0.2) is 5.11 Å². The summed E-state index contributed by atoms with van der Waals surface area (Å²) in [6.45, 7) is 13.1. The first kappa shape index (κ1) is 15.9. The standard InChI is InChI=1S/C19H29NO/c1-18(2,3)14-10-15(19(4,5)6)17(21)11-16(14)20-12-13-8-7-9-13/h10-12,20-21H,7-9H2,1-6H3. The minimum atomic E-state index is -0.0605. The number of aromatic hydroxyl groups is 1. The maximum atomic E-state index is 10.4. The summed E-state index contributed by atoms with van der Waals surface area (Å²) in [6.07, 6.45) is 5.81. The zero-order chi connectivity index (χ0) is 15.8. The Bertz CT molecular complexity index is 550. The predicted molar refractivity (Wildman–Crippen MR) is 91.1 cm³/mol. The van der Waals surface area contributed by atoms with Crippen molar-refractivity contribution in [2.75, 3.05) is 5.32 Å². The summed E-state index contributed by atoms with van der Waals surface area (Å²) in [5.41, 5.74) is 4.72. The van der Waals surface area contributed by atoms with Gasteiger partial charge in [0.1, 0.15) is 5.75 Å². The summed E-state index contributed by atoms with van der Waals surface area (Å²) >= 11 is 0. The van der Waals surface area contributed by atoms with Gasteiger partial charge in [0.25, 0.3) is 0 Å². The highest BCUT2D eigenvalue weighted by Gasteiger charge is 2.25. The Kier molecular flexibility index (Phi) is 4.10. The highest BCUT2D eigenvalue weighted by Crippen LogP contribution is 2.39. The van der Waals surface area contributed by atoms with Crippen molar-refractivity contribution in [3.8, 4) is 5.75 Å². The van der Waals surface area contributed by atoms with Gasteiger partial charge in [-0.3, -0.25) is 0 Å². The maximum Gasteiger partial charge on any atom is 0.121 e. The van der Waals surface area contributed by atoms with Crippen molar-refractivity contribution >= 4 is 5.69 Å². The van der Waals surface area contributed by atoms with Crippen LogP contribution < -0.4 is 5.32 Å². The summed E-state index contributed by atoms with van der Waals surface area (Å²) in [5, 5.41) is 13.8. The molecule has 116 valence electrons. The van der Waals surface area contributed by atoms with Crippen molar-refractivity contribution in [2.45, 2.75) is 71.6 Å². The number of allylic oxidation sites excluding steroid dienone is 1. The molecule has 1 fully saturated rings. The van der Waals surface area contributed by atoms with Gasteiger partial charge in [0.05, 0.1) is 0 Å². The molecular weight excluding hydrogens is 258 g/mol. The van der Waals surface area contributed by atoms with Crippen LogP contribution in [0.3, 0.4) is 0 Å². The number of phenolic OH excluding ortho intramolecular Hbond substituents is 1. The average Bonchev–Trinajstić information content (AvgIpc) is 2.23. The molecule has 1 aromatic rings. The molecular formula is C19H29NO. The van der Waals surface area contributed by atoms with Crippen LogP contribution in [0.15, 0.2) is 23.9 Å². The summed E-state index contributed by atoms with van der Waals surface area (Å²) < 4.78 is 0. The van der Waals surface area contributed by atoms with Crippen LogP contribution in [0.5, 0.6) is 5.75 Å². The number of phenols is 1. The lowest BCUT2D eigenvalue weighted by Gasteiger charge is -2.28. The molecule has 0 spiro atoms. The monoisotopic (exact) mass is 287 g/mol. The molecule has 0 bridgehead atoms. The molecule has 0 aromatic heterocycles. The van der Waals surface area contributed by atoms with Gasteiger partial charge in [0.15, 0.2) is 0 Å². The third-order valence-corrected chi connectivity index (χ3v) is 4.18. The van der Waals surface area contributed by atoms with Crippen LogP contribution in [0.2, 0.25) is 0 Å². The Morgan fingerprint density at radius 1 is 0.952 bits per heavy atom. The fourth-order valence-electron chi connectivity index (χ4n) is 2.63. The van der Waals surface area contributed by atoms with E-state index in [1.165, 1.54) is 30.4 Å². The fourth-order valence-corrected chi connectivity index (χ4v) is 2.63. The molecule has 1 aromatic carbocycles. The quantitative estimate of drug-likeness (QED) is 0.756. The van der Waals surface area contributed by atoms with Crippen molar-refractivity contribution in [3.63, 3.8) is 0 Å². The van der Waals surface area contributed by atoms with Gasteiger partial charge in [0, 0.05) is 18.0 Å². The van der Waals surface area contributed by atoms with Gasteiger partial charge in [-0.1, -0.05) is 47.1 Å². The first-order chi connectivity index (χ1) is 9.59. The second-order valence-electron chi connectivity index (χ2n) is 8.22. The van der Waals surface area contributed by atoms with Crippen LogP contribution in [0.1, 0.15) is 71.9 Å². The molecule has 2 N–H and O–H groups in total. The lowest BCUT2D eigenvalue weighted by atomic mass is 9.79. The molecule has 1 saturated carbocycles. The summed E-state index contributed by atoms with van der Waals surface area (Å²) in [6, 6.07) is 4.05. The van der Waals surface area contributed by atoms with Crippen molar-refractivity contribution in [2.24, 2.45) is 0 Å². The van der Waals surface area contributed by atoms with Crippen molar-refractivity contribution in [1.82, 2.24) is 0 Å². The Morgan fingerprint density at radius 3 is 1.95 bits per heavy atom. The van der Waals surface area contributed by atoms with E-state index >= 15 is 0 Å². The normalized spacial score (nSPS) is 15.6. The molecule has 21 heavy (non-hydrogen) atoms. The highest BCUT2D eigenvalue weighted by atomic mass is 16.3. The first-order valence-corrected chi connectivity index (χ1v) is 7.91. The second-order valence-corrected chi connectivity index (χ2v) is 8.22. The van der Waals surface area contributed by atoms with Gasteiger partial charge in [-0.05, 0) is 47.3 Å². The van der Waals surface area contributed by atoms with E-state index in [-0.39, 0.29) is 10.8 Å². The summed E-state index contributed by atoms with van der Waals surface area (Å²) in [5.74, 6) is 0.380. The topological polar surface area (TPSA) is 32.3 Å². The van der Waals surface area contributed by atoms with Crippen LogP contribution in [0, 0.1) is 0 Å². The number of hydrogen-bond acceptors (Lipinski definition) is 2. The maximum absolute atomic E-state index is 10.4. The Labute approximate surface area is 129 Å². The molecule has 0 radical (unpaired) electrons. The molecule has 2 rings (SSSR count). The van der Waals surface area contributed by atoms with E-state index in [4.69, 9.17) is 0 Å². The lowest BCUT2D eigenvalue weighted by molar-refractivity contribution is 0.445. The van der Waals surface area contributed by atoms with Gasteiger partial charge in [0.2, 0.25) is 0 Å². The van der Waals surface area contributed by atoms with Crippen molar-refractivity contribution in [1.29, 1.82) is 0 Å². The smallest absolute Gasteiger partial charge is 0.121 e. The number of anilines is 1. The van der Waals surface area contributed by atoms with E-state index in [2.05, 4.69) is 59.1 Å². The molecule has 0 atom stereocenters. The summed E-state index contributed by atoms with van der Waals surface area (Å²) in [4.78, 5) is 0. The largest absolute Gasteiger partial charge is 0.508 e. The van der Waals surface area contributed by atoms with E-state index < -0.39 is 0 Å². The molecule has 0 saturated heterocycles. The van der Waals surface area contributed by atoms with Crippen LogP contribution in [0.25, 0.3) is 0 Å². The molecule has 0 unspecified atom stereocenters. The van der Waals surface area contributed by atoms with E-state index in [9.17, 15) is 5.11 Å². The molecule has 2 heteroatoms. The number of rotatable bonds is 2. The van der Waals surface area contributed by atoms with Crippen molar-refractivity contribution in [3.05, 3.63) is 35.0 Å². The number of benzene rings is 1. The first-order valence-electron chi connectivity index (χ1n) is 7.91. The average molecular weight is 287 g/mol. The van der Waals surface area contributed by atoms with Gasteiger partial charge in [-0.25, -0.2) is 0 Å². The molecule has 0 aliphatic heterocycles. The van der Waals surface area contributed by atoms with Crippen molar-refractivity contribution < 1.29 is 5.11 Å². The highest BCUT2D eigenvalue weighted by molar-refractivity contribution is 5.62. The molecule has 0 heterocycles. The number of nitrogens with one attached hydrogen (secondary N) is 1. The van der Waals surface area contributed by atoms with Gasteiger partial charge >= 0.3 is 0 Å². The third kappa shape index (κ3) is 3.61. The van der Waals surface area contributed by atoms with Crippen LogP contribution in [0.4, 0.5) is 5.69 Å². The van der Waals surface area contributed by atoms with Gasteiger partial charge < -0.3 is 10.4 Å². The zero-order valence-electron chi connectivity index (χ0n) is 14.3. The van der Waals surface area contributed by atoms with Gasteiger partial charge in [-0.15, -0.1) is 0 Å². The number of hydrogen-bond donors (Lipinski definition) is 2. The molecule has 1 aliphatic carbocycles. The van der Waals surface area contributed by atoms with Gasteiger partial charge in [-0.2, -0.15) is 0 Å². The Hall–Kier alpha value is -1.44. The van der Waals surface area contributed by atoms with E-state index in [0.717, 1.165) is 11.3 Å². The molecule has 1 aliphatic rings. The van der Waals surface area contributed by atoms with Crippen LogP contribution >= 0.6 is 0 Å². The minimum absolute atomic E-state index is 0.0359. The lowest BCUT2D eigenvalue weighted by Crippen LogP contribution is -2.18. The predicted octanol–water partition coefficient (Wildman–Crippen LogP) is 5.47. The third-order valence-electron chi connectivity index (χ3n) is 4.18. The SMILES string of the molecule is CC(C)(C)c1cc(C(C)(C)C)c(NC=C2CCC2)cc1O. The van der Waals surface area contributed by atoms with E-state index in [1.807, 2.05) is 6.07 Å².